The summed E-state index contributed by atoms with van der Waals surface area (Å²) in [4.78, 5) is 21.5. The first kappa shape index (κ1) is 14.0. The number of nitro groups is 1. The Bertz CT molecular complexity index is 444. The summed E-state index contributed by atoms with van der Waals surface area (Å²) < 4.78 is 10.1. The minimum absolute atomic E-state index is 0.0315. The maximum Gasteiger partial charge on any atom is 0.314 e. The van der Waals surface area contributed by atoms with Gasteiger partial charge in [-0.25, -0.2) is 0 Å². The highest BCUT2D eigenvalue weighted by Crippen LogP contribution is 2.30. The third-order valence-electron chi connectivity index (χ3n) is 2.28. The fraction of sp³-hybridized carbons (Fsp3) is 0.417. The first-order valence-electron chi connectivity index (χ1n) is 5.55. The highest BCUT2D eigenvalue weighted by atomic mass is 16.6. The molecule has 0 spiro atoms. The lowest BCUT2D eigenvalue weighted by Gasteiger charge is -2.06. The Morgan fingerprint density at radius 1 is 1.44 bits per heavy atom. The Hall–Kier alpha value is -2.11. The number of benzene rings is 1. The topological polar surface area (TPSA) is 78.7 Å². The molecule has 98 valence electrons. The summed E-state index contributed by atoms with van der Waals surface area (Å²) in [7, 11) is 1.35. The summed E-state index contributed by atoms with van der Waals surface area (Å²) in [6, 6.07) is 4.22. The molecule has 6 heteroatoms. The summed E-state index contributed by atoms with van der Waals surface area (Å²) in [5.41, 5.74) is -0.182. The van der Waals surface area contributed by atoms with Crippen molar-refractivity contribution in [3.05, 3.63) is 28.3 Å². The van der Waals surface area contributed by atoms with Crippen molar-refractivity contribution in [2.75, 3.05) is 13.7 Å². The average Bonchev–Trinajstić information content (AvgIpc) is 2.36. The predicted molar refractivity (Wildman–Crippen MR) is 65.1 cm³/mol. The van der Waals surface area contributed by atoms with Crippen molar-refractivity contribution in [2.45, 2.75) is 19.8 Å². The first-order valence-corrected chi connectivity index (χ1v) is 5.55. The second kappa shape index (κ2) is 6.58. The monoisotopic (exact) mass is 253 g/mol. The lowest BCUT2D eigenvalue weighted by atomic mass is 10.2. The Labute approximate surface area is 105 Å². The van der Waals surface area contributed by atoms with E-state index in [4.69, 9.17) is 9.47 Å². The van der Waals surface area contributed by atoms with Crippen LogP contribution in [0.2, 0.25) is 0 Å². The third kappa shape index (κ3) is 3.73. The van der Waals surface area contributed by atoms with Gasteiger partial charge in [-0.1, -0.05) is 6.92 Å². The number of nitrogens with zero attached hydrogens (tertiary/aromatic N) is 1. The van der Waals surface area contributed by atoms with Gasteiger partial charge < -0.3 is 9.47 Å². The average molecular weight is 253 g/mol. The standard InChI is InChI=1S/C12H15NO5/c1-3-4-9(14)8-18-10-5-6-12(17-2)11(7-10)13(15)16/h5-7H,3-4,8H2,1-2H3. The number of rotatable bonds is 7. The molecule has 0 bridgehead atoms. The minimum Gasteiger partial charge on any atom is -0.490 e. The van der Waals surface area contributed by atoms with E-state index in [0.717, 1.165) is 6.42 Å². The van der Waals surface area contributed by atoms with E-state index in [-0.39, 0.29) is 29.6 Å². The molecule has 0 saturated heterocycles. The molecule has 0 amide bonds. The molecule has 0 aliphatic heterocycles. The third-order valence-corrected chi connectivity index (χ3v) is 2.28. The summed E-state index contributed by atoms with van der Waals surface area (Å²) in [5.74, 6) is 0.412. The van der Waals surface area contributed by atoms with Crippen LogP contribution in [0.15, 0.2) is 18.2 Å². The second-order valence-electron chi connectivity index (χ2n) is 3.67. The molecule has 0 heterocycles. The molecule has 1 aromatic rings. The van der Waals surface area contributed by atoms with Crippen molar-refractivity contribution in [2.24, 2.45) is 0 Å². The van der Waals surface area contributed by atoms with Crippen LogP contribution in [0, 0.1) is 10.1 Å². The molecule has 0 aromatic heterocycles. The fourth-order valence-electron chi connectivity index (χ4n) is 1.42. The summed E-state index contributed by atoms with van der Waals surface area (Å²) >= 11 is 0. The van der Waals surface area contributed by atoms with Gasteiger partial charge in [0.1, 0.15) is 12.4 Å². The zero-order valence-electron chi connectivity index (χ0n) is 10.3. The van der Waals surface area contributed by atoms with Crippen molar-refractivity contribution in [1.82, 2.24) is 0 Å². The summed E-state index contributed by atoms with van der Waals surface area (Å²) in [6.07, 6.45) is 1.20. The van der Waals surface area contributed by atoms with Gasteiger partial charge in [-0.2, -0.15) is 0 Å². The molecule has 0 fully saturated rings. The summed E-state index contributed by atoms with van der Waals surface area (Å²) in [6.45, 7) is 1.83. The second-order valence-corrected chi connectivity index (χ2v) is 3.67. The van der Waals surface area contributed by atoms with Gasteiger partial charge in [-0.05, 0) is 18.6 Å². The molecule has 0 saturated carbocycles. The van der Waals surface area contributed by atoms with Crippen molar-refractivity contribution in [3.8, 4) is 11.5 Å². The first-order chi connectivity index (χ1) is 8.58. The maximum absolute atomic E-state index is 11.3. The molecule has 0 aliphatic rings. The molecule has 1 rings (SSSR count). The summed E-state index contributed by atoms with van der Waals surface area (Å²) in [5, 5.41) is 10.8. The quantitative estimate of drug-likeness (QED) is 0.550. The molecule has 6 nitrogen and oxygen atoms in total. The molecular formula is C12H15NO5. The highest BCUT2D eigenvalue weighted by molar-refractivity contribution is 5.79. The lowest BCUT2D eigenvalue weighted by molar-refractivity contribution is -0.385. The predicted octanol–water partition coefficient (Wildman–Crippen LogP) is 2.35. The molecule has 0 N–H and O–H groups in total. The van der Waals surface area contributed by atoms with Gasteiger partial charge in [0.15, 0.2) is 11.5 Å². The van der Waals surface area contributed by atoms with Gasteiger partial charge in [0, 0.05) is 6.42 Å². The van der Waals surface area contributed by atoms with Crippen LogP contribution >= 0.6 is 0 Å². The molecule has 0 aliphatic carbocycles. The zero-order chi connectivity index (χ0) is 13.5. The van der Waals surface area contributed by atoms with Crippen LogP contribution in [0.25, 0.3) is 0 Å². The van der Waals surface area contributed by atoms with Crippen LogP contribution in [0.5, 0.6) is 11.5 Å². The van der Waals surface area contributed by atoms with E-state index < -0.39 is 4.92 Å². The Balaban J connectivity index is 2.76. The van der Waals surface area contributed by atoms with Gasteiger partial charge in [0.25, 0.3) is 0 Å². The molecular weight excluding hydrogens is 238 g/mol. The minimum atomic E-state index is -0.556. The van der Waals surface area contributed by atoms with Crippen molar-refractivity contribution in [3.63, 3.8) is 0 Å². The largest absolute Gasteiger partial charge is 0.490 e. The number of carbonyl (C=O) groups excluding carboxylic acids is 1. The highest BCUT2D eigenvalue weighted by Gasteiger charge is 2.16. The molecule has 1 aromatic carbocycles. The molecule has 0 atom stereocenters. The number of hydrogen-bond acceptors (Lipinski definition) is 5. The maximum atomic E-state index is 11.3. The molecule has 0 unspecified atom stereocenters. The number of Topliss-reactive ketones (excluding diaryl/α,β-unsaturated/α-hetero) is 1. The smallest absolute Gasteiger partial charge is 0.314 e. The number of ether oxygens (including phenoxy) is 2. The van der Waals surface area contributed by atoms with E-state index in [1.54, 1.807) is 0 Å². The van der Waals surface area contributed by atoms with Gasteiger partial charge >= 0.3 is 5.69 Å². The Morgan fingerprint density at radius 2 is 2.17 bits per heavy atom. The number of carbonyl (C=O) groups is 1. The van der Waals surface area contributed by atoms with Gasteiger partial charge in [-0.15, -0.1) is 0 Å². The number of nitro benzene ring substituents is 1. The Kier molecular flexibility index (Phi) is 5.10. The number of hydrogen-bond donors (Lipinski definition) is 0. The fourth-order valence-corrected chi connectivity index (χ4v) is 1.42. The van der Waals surface area contributed by atoms with Crippen LogP contribution in [-0.2, 0) is 4.79 Å². The van der Waals surface area contributed by atoms with E-state index in [2.05, 4.69) is 0 Å². The van der Waals surface area contributed by atoms with E-state index in [9.17, 15) is 14.9 Å². The van der Waals surface area contributed by atoms with Crippen LogP contribution < -0.4 is 9.47 Å². The number of ketones is 1. The van der Waals surface area contributed by atoms with Crippen molar-refractivity contribution < 1.29 is 19.2 Å². The van der Waals surface area contributed by atoms with Crippen LogP contribution in [-0.4, -0.2) is 24.4 Å². The van der Waals surface area contributed by atoms with Crippen LogP contribution in [0.3, 0.4) is 0 Å². The van der Waals surface area contributed by atoms with Crippen LogP contribution in [0.4, 0.5) is 5.69 Å². The van der Waals surface area contributed by atoms with E-state index >= 15 is 0 Å². The Morgan fingerprint density at radius 3 is 2.72 bits per heavy atom. The van der Waals surface area contributed by atoms with E-state index in [0.29, 0.717) is 6.42 Å². The SMILES string of the molecule is CCCC(=O)COc1ccc(OC)c([N+](=O)[O-])c1. The van der Waals surface area contributed by atoms with Gasteiger partial charge in [0.2, 0.25) is 0 Å². The molecule has 0 radical (unpaired) electrons. The zero-order valence-corrected chi connectivity index (χ0v) is 10.3. The van der Waals surface area contributed by atoms with Crippen molar-refractivity contribution in [1.29, 1.82) is 0 Å². The lowest BCUT2D eigenvalue weighted by Crippen LogP contribution is -2.10. The van der Waals surface area contributed by atoms with E-state index in [1.165, 1.54) is 25.3 Å². The van der Waals surface area contributed by atoms with E-state index in [1.807, 2.05) is 6.92 Å². The van der Waals surface area contributed by atoms with Crippen molar-refractivity contribution >= 4 is 11.5 Å². The normalized spacial score (nSPS) is 9.89. The van der Waals surface area contributed by atoms with Crippen LogP contribution in [0.1, 0.15) is 19.8 Å². The molecule has 18 heavy (non-hydrogen) atoms. The van der Waals surface area contributed by atoms with Gasteiger partial charge in [-0.3, -0.25) is 14.9 Å². The van der Waals surface area contributed by atoms with Gasteiger partial charge in [0.05, 0.1) is 18.1 Å². The number of methoxy groups -OCH3 is 1.